The summed E-state index contributed by atoms with van der Waals surface area (Å²) < 4.78 is 26.9. The Hall–Kier alpha value is -0.370. The first kappa shape index (κ1) is 17.7. The van der Waals surface area contributed by atoms with Crippen molar-refractivity contribution >= 4 is 33.5 Å². The lowest BCUT2D eigenvalue weighted by molar-refractivity contribution is 0.0332. The number of nitrogens with two attached hydrogens (primary N) is 1. The van der Waals surface area contributed by atoms with E-state index >= 15 is 0 Å². The number of rotatable bonds is 7. The molecule has 0 saturated carbocycles. The van der Waals surface area contributed by atoms with Crippen LogP contribution in [0.3, 0.4) is 0 Å². The molecule has 0 aliphatic heterocycles. The van der Waals surface area contributed by atoms with E-state index in [2.05, 4.69) is 0 Å². The Morgan fingerprint density at radius 2 is 1.90 bits per heavy atom. The number of aliphatic hydroxyl groups excluding tert-OH is 1. The Morgan fingerprint density at radius 1 is 1.35 bits per heavy atom. The van der Waals surface area contributed by atoms with Gasteiger partial charge in [-0.25, -0.2) is 5.14 Å². The molecule has 0 bridgehead atoms. The molecule has 0 radical (unpaired) electrons. The van der Waals surface area contributed by atoms with Crippen LogP contribution >= 0.6 is 23.2 Å². The van der Waals surface area contributed by atoms with E-state index in [0.717, 1.165) is 6.42 Å². The van der Waals surface area contributed by atoms with Crippen LogP contribution in [0.15, 0.2) is 18.2 Å². The highest BCUT2D eigenvalue weighted by Crippen LogP contribution is 2.34. The molecular weight excluding hydrogens is 325 g/mol. The minimum Gasteiger partial charge on any atom is -0.386 e. The summed E-state index contributed by atoms with van der Waals surface area (Å²) in [6.45, 7) is 1.93. The molecule has 0 fully saturated rings. The van der Waals surface area contributed by atoms with Crippen LogP contribution < -0.4 is 5.14 Å². The summed E-state index contributed by atoms with van der Waals surface area (Å²) in [6, 6.07) is 4.74. The molecule has 1 aromatic carbocycles. The van der Waals surface area contributed by atoms with E-state index < -0.39 is 22.5 Å². The molecule has 114 valence electrons. The molecule has 1 rings (SSSR count). The van der Waals surface area contributed by atoms with Crippen LogP contribution in [0.4, 0.5) is 0 Å². The molecule has 3 N–H and O–H groups in total. The van der Waals surface area contributed by atoms with Gasteiger partial charge in [0.2, 0.25) is 0 Å². The van der Waals surface area contributed by atoms with Gasteiger partial charge in [0.15, 0.2) is 0 Å². The molecule has 2 atom stereocenters. The topological polar surface area (TPSA) is 89.6 Å². The third-order valence-corrected chi connectivity index (χ3v) is 3.92. The van der Waals surface area contributed by atoms with E-state index in [-0.39, 0.29) is 15.6 Å². The van der Waals surface area contributed by atoms with Gasteiger partial charge in [0.25, 0.3) is 0 Å². The Bertz CT molecular complexity index is 530. The molecule has 0 aliphatic rings. The molecule has 20 heavy (non-hydrogen) atoms. The fraction of sp³-hybridized carbons (Fsp3) is 0.500. The van der Waals surface area contributed by atoms with E-state index in [1.807, 2.05) is 6.92 Å². The first-order valence-corrected chi connectivity index (χ1v) is 8.32. The lowest BCUT2D eigenvalue weighted by Gasteiger charge is -2.23. The van der Waals surface area contributed by atoms with Crippen molar-refractivity contribution in [3.63, 3.8) is 0 Å². The maximum absolute atomic E-state index is 11.1. The Labute approximate surface area is 128 Å². The summed E-state index contributed by atoms with van der Waals surface area (Å²) in [5, 5.41) is 15.7. The number of aliphatic hydroxyl groups is 1. The smallest absolute Gasteiger partial charge is 0.333 e. The molecule has 0 aromatic heterocycles. The molecule has 1 aromatic rings. The Balaban J connectivity index is 3.06. The first-order valence-electron chi connectivity index (χ1n) is 6.09. The Morgan fingerprint density at radius 3 is 2.35 bits per heavy atom. The van der Waals surface area contributed by atoms with E-state index in [4.69, 9.17) is 32.5 Å². The molecule has 0 spiro atoms. The monoisotopic (exact) mass is 341 g/mol. The highest BCUT2D eigenvalue weighted by atomic mass is 35.5. The van der Waals surface area contributed by atoms with Crippen LogP contribution in [0.1, 0.15) is 37.9 Å². The lowest BCUT2D eigenvalue weighted by atomic mass is 10.0. The maximum Gasteiger partial charge on any atom is 0.333 e. The fourth-order valence-corrected chi connectivity index (χ4v) is 2.98. The zero-order valence-electron chi connectivity index (χ0n) is 10.9. The van der Waals surface area contributed by atoms with Crippen LogP contribution in [0.25, 0.3) is 0 Å². The summed E-state index contributed by atoms with van der Waals surface area (Å²) in [5.41, 5.74) is 0.237. The van der Waals surface area contributed by atoms with Gasteiger partial charge in [0.05, 0.1) is 0 Å². The number of hydrogen-bond acceptors (Lipinski definition) is 4. The van der Waals surface area contributed by atoms with Gasteiger partial charge >= 0.3 is 10.3 Å². The molecule has 0 amide bonds. The van der Waals surface area contributed by atoms with Gasteiger partial charge < -0.3 is 5.11 Å². The van der Waals surface area contributed by atoms with Crippen LogP contribution in [-0.2, 0) is 14.5 Å². The average Bonchev–Trinajstić information content (AvgIpc) is 2.32. The van der Waals surface area contributed by atoms with Gasteiger partial charge in [-0.1, -0.05) is 49.0 Å². The molecule has 0 aliphatic carbocycles. The third kappa shape index (κ3) is 5.20. The zero-order valence-corrected chi connectivity index (χ0v) is 13.2. The molecule has 0 heterocycles. The van der Waals surface area contributed by atoms with Crippen molar-refractivity contribution in [3.8, 4) is 0 Å². The SMILES string of the molecule is CCCC[C@H](OS(N)(=O)=O)[C@@H](O)c1c(Cl)cccc1Cl. The van der Waals surface area contributed by atoms with Crippen LogP contribution in [0, 0.1) is 0 Å². The van der Waals surface area contributed by atoms with Crippen LogP contribution in [0.2, 0.25) is 10.0 Å². The number of hydrogen-bond donors (Lipinski definition) is 2. The van der Waals surface area contributed by atoms with Gasteiger partial charge in [0.1, 0.15) is 12.2 Å². The molecule has 5 nitrogen and oxygen atoms in total. The normalized spacial score (nSPS) is 15.1. The Kier molecular flexibility index (Phi) is 6.71. The van der Waals surface area contributed by atoms with Crippen molar-refractivity contribution in [1.29, 1.82) is 0 Å². The summed E-state index contributed by atoms with van der Waals surface area (Å²) in [6.07, 6.45) is -0.508. The minimum absolute atomic E-state index is 0.237. The number of unbranched alkanes of at least 4 members (excludes halogenated alkanes) is 1. The fourth-order valence-electron chi connectivity index (χ4n) is 1.82. The second kappa shape index (κ2) is 7.59. The molecule has 0 unspecified atom stereocenters. The van der Waals surface area contributed by atoms with Crippen molar-refractivity contribution < 1.29 is 17.7 Å². The molecule has 0 saturated heterocycles. The predicted octanol–water partition coefficient (Wildman–Crippen LogP) is 2.81. The number of benzene rings is 1. The quantitative estimate of drug-likeness (QED) is 0.797. The highest BCUT2D eigenvalue weighted by molar-refractivity contribution is 7.84. The first-order chi connectivity index (χ1) is 9.26. The van der Waals surface area contributed by atoms with Crippen molar-refractivity contribution in [2.24, 2.45) is 5.14 Å². The van der Waals surface area contributed by atoms with Gasteiger partial charge in [-0.3, -0.25) is 4.18 Å². The predicted molar refractivity (Wildman–Crippen MR) is 78.9 cm³/mol. The highest BCUT2D eigenvalue weighted by Gasteiger charge is 2.28. The zero-order chi connectivity index (χ0) is 15.3. The standard InChI is InChI=1S/C12H17Cl2NO4S/c1-2-3-7-10(19-20(15,17)18)12(16)11-8(13)5-4-6-9(11)14/h4-6,10,12,16H,2-3,7H2,1H3,(H2,15,17,18)/t10-,12+/m0/s1. The van der Waals surface area contributed by atoms with E-state index in [1.54, 1.807) is 18.2 Å². The summed E-state index contributed by atoms with van der Waals surface area (Å²) in [4.78, 5) is 0. The molecular formula is C12H17Cl2NO4S. The minimum atomic E-state index is -4.18. The maximum atomic E-state index is 11.1. The van der Waals surface area contributed by atoms with Crippen LogP contribution in [-0.4, -0.2) is 19.6 Å². The van der Waals surface area contributed by atoms with Gasteiger partial charge in [-0.2, -0.15) is 8.42 Å². The molecule has 8 heteroatoms. The number of halogens is 2. The van der Waals surface area contributed by atoms with E-state index in [1.165, 1.54) is 0 Å². The largest absolute Gasteiger partial charge is 0.386 e. The average molecular weight is 342 g/mol. The second-order valence-electron chi connectivity index (χ2n) is 4.35. The van der Waals surface area contributed by atoms with Gasteiger partial charge in [0, 0.05) is 15.6 Å². The summed E-state index contributed by atoms with van der Waals surface area (Å²) >= 11 is 12.0. The van der Waals surface area contributed by atoms with Crippen molar-refractivity contribution in [2.75, 3.05) is 0 Å². The summed E-state index contributed by atoms with van der Waals surface area (Å²) in [5.74, 6) is 0. The van der Waals surface area contributed by atoms with Gasteiger partial charge in [-0.15, -0.1) is 0 Å². The van der Waals surface area contributed by atoms with Gasteiger partial charge in [-0.05, 0) is 18.6 Å². The third-order valence-electron chi connectivity index (χ3n) is 2.75. The summed E-state index contributed by atoms with van der Waals surface area (Å²) in [7, 11) is -4.18. The van der Waals surface area contributed by atoms with Crippen molar-refractivity contribution in [2.45, 2.75) is 38.4 Å². The van der Waals surface area contributed by atoms with E-state index in [0.29, 0.717) is 12.8 Å². The lowest BCUT2D eigenvalue weighted by Crippen LogP contribution is -2.29. The van der Waals surface area contributed by atoms with Crippen LogP contribution in [0.5, 0.6) is 0 Å². The second-order valence-corrected chi connectivity index (χ2v) is 6.34. The van der Waals surface area contributed by atoms with Crippen molar-refractivity contribution in [3.05, 3.63) is 33.8 Å². The van der Waals surface area contributed by atoms with E-state index in [9.17, 15) is 13.5 Å². The van der Waals surface area contributed by atoms with Crippen molar-refractivity contribution in [1.82, 2.24) is 0 Å².